The number of imide groups is 1. The third kappa shape index (κ3) is 12.0. The van der Waals surface area contributed by atoms with E-state index in [4.69, 9.17) is 14.2 Å². The Labute approximate surface area is 213 Å². The minimum atomic E-state index is -0.399. The van der Waals surface area contributed by atoms with E-state index >= 15 is 0 Å². The number of hydrogen-bond acceptors (Lipinski definition) is 7. The average Bonchev–Trinajstić information content (AvgIpc) is 3.20. The normalized spacial score (nSPS) is 12.6. The minimum Gasteiger partial charge on any atom is -0.494 e. The molecule has 36 heavy (non-hydrogen) atoms. The van der Waals surface area contributed by atoms with Gasteiger partial charge in [0.1, 0.15) is 5.75 Å². The first-order valence-electron chi connectivity index (χ1n) is 12.4. The van der Waals surface area contributed by atoms with Gasteiger partial charge in [0.15, 0.2) is 7.28 Å². The largest absolute Gasteiger partial charge is 0.494 e. The highest BCUT2D eigenvalue weighted by molar-refractivity contribution is 6.51. The molecule has 4 amide bonds. The Morgan fingerprint density at radius 3 is 2.14 bits per heavy atom. The summed E-state index contributed by atoms with van der Waals surface area (Å²) in [6.45, 7) is 5.04. The van der Waals surface area contributed by atoms with Gasteiger partial charge < -0.3 is 24.8 Å². The number of ether oxygens (including phenoxy) is 3. The van der Waals surface area contributed by atoms with Crippen molar-refractivity contribution in [2.75, 3.05) is 52.7 Å². The van der Waals surface area contributed by atoms with Gasteiger partial charge >= 0.3 is 0 Å². The van der Waals surface area contributed by atoms with Crippen LogP contribution >= 0.6 is 0 Å². The molecule has 1 aromatic rings. The van der Waals surface area contributed by atoms with Crippen molar-refractivity contribution in [2.45, 2.75) is 32.5 Å². The Hall–Kier alpha value is -3.18. The maximum atomic E-state index is 11.8. The number of rotatable bonds is 19. The van der Waals surface area contributed by atoms with Crippen LogP contribution in [0.2, 0.25) is 6.82 Å². The zero-order chi connectivity index (χ0) is 26.0. The molecule has 1 aliphatic heterocycles. The predicted octanol–water partition coefficient (Wildman–Crippen LogP) is -0.0737. The quantitative estimate of drug-likeness (QED) is 0.155. The molecule has 0 fully saturated rings. The summed E-state index contributed by atoms with van der Waals surface area (Å²) in [7, 11) is 1.01. The van der Waals surface area contributed by atoms with Crippen molar-refractivity contribution in [2.24, 2.45) is 0 Å². The molecule has 0 bridgehead atoms. The first-order chi connectivity index (χ1) is 17.5. The van der Waals surface area contributed by atoms with Crippen LogP contribution < -0.4 is 20.8 Å². The molecular formula is C25H36BN3O7. The number of amides is 4. The van der Waals surface area contributed by atoms with Crippen LogP contribution in [0, 0.1) is 0 Å². The summed E-state index contributed by atoms with van der Waals surface area (Å²) >= 11 is 0. The summed E-state index contributed by atoms with van der Waals surface area (Å²) in [5.41, 5.74) is 1.28. The van der Waals surface area contributed by atoms with Gasteiger partial charge in [-0.2, -0.15) is 0 Å². The smallest absolute Gasteiger partial charge is 0.253 e. The lowest BCUT2D eigenvalue weighted by Crippen LogP contribution is -2.35. The van der Waals surface area contributed by atoms with Crippen LogP contribution in [-0.2, 0) is 28.7 Å². The number of carbonyl (C=O) groups excluding carboxylic acids is 4. The SMILES string of the molecule is CBc1ccc(OCCCCNC(=O)CCOCCOCCNC(=O)CCN2C(=O)C=CC2=O)cc1. The Kier molecular flexibility index (Phi) is 14.0. The molecule has 1 aliphatic rings. The molecule has 0 radical (unpaired) electrons. The second kappa shape index (κ2) is 17.3. The van der Waals surface area contributed by atoms with E-state index in [1.54, 1.807) is 0 Å². The summed E-state index contributed by atoms with van der Waals surface area (Å²) in [6, 6.07) is 8.09. The van der Waals surface area contributed by atoms with Crippen molar-refractivity contribution < 1.29 is 33.4 Å². The van der Waals surface area contributed by atoms with Crippen molar-refractivity contribution in [3.05, 3.63) is 36.4 Å². The molecule has 2 rings (SSSR count). The van der Waals surface area contributed by atoms with Crippen LogP contribution in [0.5, 0.6) is 5.75 Å². The molecule has 196 valence electrons. The lowest BCUT2D eigenvalue weighted by molar-refractivity contribution is -0.137. The maximum Gasteiger partial charge on any atom is 0.253 e. The number of hydrogen-bond donors (Lipinski definition) is 2. The van der Waals surface area contributed by atoms with Crippen LogP contribution in [0.25, 0.3) is 0 Å². The van der Waals surface area contributed by atoms with E-state index in [9.17, 15) is 19.2 Å². The van der Waals surface area contributed by atoms with Gasteiger partial charge in [-0.15, -0.1) is 0 Å². The number of unbranched alkanes of at least 4 members (excludes halogenated alkanes) is 1. The molecule has 0 saturated carbocycles. The molecule has 0 aliphatic carbocycles. The summed E-state index contributed by atoms with van der Waals surface area (Å²) in [6.07, 6.45) is 4.42. The van der Waals surface area contributed by atoms with Gasteiger partial charge in [0.25, 0.3) is 11.8 Å². The Morgan fingerprint density at radius 2 is 1.44 bits per heavy atom. The Morgan fingerprint density at radius 1 is 0.806 bits per heavy atom. The molecular weight excluding hydrogens is 465 g/mol. The molecule has 0 saturated heterocycles. The molecule has 1 aromatic carbocycles. The van der Waals surface area contributed by atoms with Crippen LogP contribution in [0.4, 0.5) is 0 Å². The van der Waals surface area contributed by atoms with Crippen molar-refractivity contribution >= 4 is 36.4 Å². The Balaban J connectivity index is 1.33. The van der Waals surface area contributed by atoms with Crippen molar-refractivity contribution in [3.63, 3.8) is 0 Å². The first-order valence-corrected chi connectivity index (χ1v) is 12.4. The fourth-order valence-corrected chi connectivity index (χ4v) is 3.26. The molecule has 10 nitrogen and oxygen atoms in total. The van der Waals surface area contributed by atoms with Gasteiger partial charge in [0, 0.05) is 44.6 Å². The molecule has 0 aromatic heterocycles. The monoisotopic (exact) mass is 501 g/mol. The van der Waals surface area contributed by atoms with Crippen molar-refractivity contribution in [1.29, 1.82) is 0 Å². The highest BCUT2D eigenvalue weighted by Gasteiger charge is 2.23. The van der Waals surface area contributed by atoms with E-state index in [-0.39, 0.29) is 31.2 Å². The van der Waals surface area contributed by atoms with E-state index < -0.39 is 11.8 Å². The third-order valence-electron chi connectivity index (χ3n) is 5.37. The zero-order valence-electron chi connectivity index (χ0n) is 21.0. The second-order valence-corrected chi connectivity index (χ2v) is 8.14. The third-order valence-corrected chi connectivity index (χ3v) is 5.37. The van der Waals surface area contributed by atoms with Gasteiger partial charge in [0.2, 0.25) is 11.8 Å². The molecule has 0 unspecified atom stereocenters. The molecule has 2 N–H and O–H groups in total. The van der Waals surface area contributed by atoms with Crippen LogP contribution in [0.1, 0.15) is 25.7 Å². The van der Waals surface area contributed by atoms with Crippen molar-refractivity contribution in [1.82, 2.24) is 15.5 Å². The van der Waals surface area contributed by atoms with E-state index in [2.05, 4.69) is 29.6 Å². The second-order valence-electron chi connectivity index (χ2n) is 8.14. The fraction of sp³-hybridized carbons (Fsp3) is 0.520. The van der Waals surface area contributed by atoms with Gasteiger partial charge in [-0.3, -0.25) is 24.1 Å². The maximum absolute atomic E-state index is 11.8. The number of carbonyl (C=O) groups is 4. The van der Waals surface area contributed by atoms with Gasteiger partial charge in [-0.25, -0.2) is 0 Å². The van der Waals surface area contributed by atoms with Gasteiger partial charge in [-0.1, -0.05) is 24.4 Å². The number of benzene rings is 1. The molecule has 0 spiro atoms. The topological polar surface area (TPSA) is 123 Å². The summed E-state index contributed by atoms with van der Waals surface area (Å²) in [4.78, 5) is 47.4. The molecule has 11 heteroatoms. The van der Waals surface area contributed by atoms with E-state index in [0.717, 1.165) is 30.8 Å². The number of nitrogens with zero attached hydrogens (tertiary/aromatic N) is 1. The van der Waals surface area contributed by atoms with Crippen LogP contribution in [0.3, 0.4) is 0 Å². The standard InChI is InChI=1S/C25H36BN3O7/c1-26-20-4-6-21(7-5-20)36-15-3-2-12-27-23(31)11-16-34-18-19-35-17-13-28-22(30)10-14-29-24(32)8-9-25(29)33/h4-9,26H,2-3,10-19H2,1H3,(H,27,31)(H,28,30). The zero-order valence-corrected chi connectivity index (χ0v) is 21.0. The Bertz CT molecular complexity index is 859. The summed E-state index contributed by atoms with van der Waals surface area (Å²) < 4.78 is 16.5. The van der Waals surface area contributed by atoms with Crippen LogP contribution in [0.15, 0.2) is 36.4 Å². The highest BCUT2D eigenvalue weighted by Crippen LogP contribution is 2.08. The van der Waals surface area contributed by atoms with Crippen molar-refractivity contribution in [3.8, 4) is 5.75 Å². The lowest BCUT2D eigenvalue weighted by Gasteiger charge is -2.13. The van der Waals surface area contributed by atoms with E-state index in [1.807, 2.05) is 12.1 Å². The van der Waals surface area contributed by atoms with Gasteiger partial charge in [-0.05, 0) is 25.0 Å². The van der Waals surface area contributed by atoms with E-state index in [0.29, 0.717) is 46.1 Å². The lowest BCUT2D eigenvalue weighted by atomic mass is 9.73. The highest BCUT2D eigenvalue weighted by atomic mass is 16.5. The fourth-order valence-electron chi connectivity index (χ4n) is 3.26. The average molecular weight is 501 g/mol. The van der Waals surface area contributed by atoms with Gasteiger partial charge in [0.05, 0.1) is 33.0 Å². The first kappa shape index (κ1) is 29.1. The minimum absolute atomic E-state index is 0.0472. The summed E-state index contributed by atoms with van der Waals surface area (Å²) in [5, 5.41) is 5.53. The van der Waals surface area contributed by atoms with E-state index in [1.165, 1.54) is 17.6 Å². The van der Waals surface area contributed by atoms with Crippen LogP contribution in [-0.4, -0.2) is 88.5 Å². The molecule has 0 atom stereocenters. The number of nitrogens with one attached hydrogen (secondary N) is 2. The predicted molar refractivity (Wildman–Crippen MR) is 137 cm³/mol. The summed E-state index contributed by atoms with van der Waals surface area (Å²) in [5.74, 6) is -0.247. The molecule has 1 heterocycles.